The number of ether oxygens (including phenoxy) is 2. The van der Waals surface area contributed by atoms with Crippen LogP contribution in [0.1, 0.15) is 62.1 Å². The quantitative estimate of drug-likeness (QED) is 0.175. The highest BCUT2D eigenvalue weighted by atomic mass is 16.5. The number of nitrogens with zero attached hydrogens (tertiary/aromatic N) is 2. The Morgan fingerprint density at radius 2 is 1.80 bits per heavy atom. The molecule has 8 rings (SSSR count). The molecule has 2 amide bonds. The van der Waals surface area contributed by atoms with E-state index < -0.39 is 41.6 Å². The lowest BCUT2D eigenvalue weighted by molar-refractivity contribution is -0.135. The molecule has 3 aliphatic heterocycles. The largest absolute Gasteiger partial charge is 0.497 e. The Morgan fingerprint density at radius 1 is 1.02 bits per heavy atom. The molecule has 2 unspecified atom stereocenters. The zero-order chi connectivity index (χ0) is 35.6. The van der Waals surface area contributed by atoms with Crippen LogP contribution in [0.4, 0.5) is 5.69 Å². The van der Waals surface area contributed by atoms with Gasteiger partial charge in [0, 0.05) is 23.2 Å². The van der Waals surface area contributed by atoms with E-state index in [0.29, 0.717) is 23.0 Å². The van der Waals surface area contributed by atoms with Gasteiger partial charge in [-0.05, 0) is 59.4 Å². The Labute approximate surface area is 294 Å². The molecule has 3 aromatic carbocycles. The third-order valence-corrected chi connectivity index (χ3v) is 10.0. The second-order valence-corrected chi connectivity index (χ2v) is 14.0. The molecule has 5 heterocycles. The van der Waals surface area contributed by atoms with Gasteiger partial charge >= 0.3 is 0 Å². The third kappa shape index (κ3) is 5.24. The van der Waals surface area contributed by atoms with Crippen LogP contribution in [0.3, 0.4) is 0 Å². The number of fused-ring (bicyclic) bond motifs is 4. The Kier molecular flexibility index (Phi) is 7.86. The maximum absolute atomic E-state index is 14.1. The molecule has 0 saturated carbocycles. The summed E-state index contributed by atoms with van der Waals surface area (Å²) in [6, 6.07) is 19.5. The fourth-order valence-electron chi connectivity index (χ4n) is 7.28. The average molecular weight is 690 g/mol. The van der Waals surface area contributed by atoms with E-state index in [1.807, 2.05) is 80.6 Å². The van der Waals surface area contributed by atoms with Crippen LogP contribution in [-0.4, -0.2) is 52.4 Å². The number of anilines is 1. The van der Waals surface area contributed by atoms with Crippen LogP contribution in [0.2, 0.25) is 0 Å². The monoisotopic (exact) mass is 689 g/mol. The fraction of sp³-hybridized carbons (Fsp3) is 0.333. The minimum Gasteiger partial charge on any atom is -0.497 e. The first-order valence-corrected chi connectivity index (χ1v) is 17.1. The van der Waals surface area contributed by atoms with E-state index in [1.165, 1.54) is 0 Å². The topological polar surface area (TPSA) is 161 Å². The number of nitrogens with one attached hydrogen (secondary N) is 3. The van der Waals surface area contributed by atoms with E-state index in [-0.39, 0.29) is 30.0 Å². The van der Waals surface area contributed by atoms with Crippen LogP contribution >= 0.6 is 0 Å². The summed E-state index contributed by atoms with van der Waals surface area (Å²) in [4.78, 5) is 37.0. The number of amides is 2. The molecule has 12 nitrogen and oxygen atoms in total. The minimum absolute atomic E-state index is 0.167. The molecule has 12 heteroatoms. The zero-order valence-corrected chi connectivity index (χ0v) is 28.9. The first-order chi connectivity index (χ1) is 24.6. The molecule has 0 saturated heterocycles. The predicted molar refractivity (Wildman–Crippen MR) is 187 cm³/mol. The number of aliphatic hydroxyl groups is 1. The van der Waals surface area contributed by atoms with Crippen molar-refractivity contribution in [2.24, 2.45) is 11.8 Å². The van der Waals surface area contributed by atoms with Gasteiger partial charge in [-0.3, -0.25) is 9.59 Å². The Bertz CT molecular complexity index is 2140. The lowest BCUT2D eigenvalue weighted by Gasteiger charge is -2.29. The lowest BCUT2D eigenvalue weighted by atomic mass is 9.72. The summed E-state index contributed by atoms with van der Waals surface area (Å²) in [5.74, 6) is 1.27. The van der Waals surface area contributed by atoms with Gasteiger partial charge in [0.05, 0.1) is 13.3 Å². The number of carbonyl (C=O) groups is 2. The fourth-order valence-corrected chi connectivity index (χ4v) is 7.28. The Balaban J connectivity index is 1.34. The van der Waals surface area contributed by atoms with E-state index in [2.05, 4.69) is 16.0 Å². The van der Waals surface area contributed by atoms with Gasteiger partial charge in [-0.1, -0.05) is 58.0 Å². The summed E-state index contributed by atoms with van der Waals surface area (Å²) in [5.41, 5.74) is 3.53. The summed E-state index contributed by atoms with van der Waals surface area (Å²) >= 11 is 0. The summed E-state index contributed by atoms with van der Waals surface area (Å²) < 4.78 is 25.3. The zero-order valence-electron chi connectivity index (χ0n) is 28.9. The van der Waals surface area contributed by atoms with Crippen LogP contribution in [-0.2, 0) is 21.4 Å². The average Bonchev–Trinajstić information content (AvgIpc) is 3.91. The highest BCUT2D eigenvalue weighted by molar-refractivity contribution is 5.90. The van der Waals surface area contributed by atoms with E-state index in [9.17, 15) is 14.7 Å². The van der Waals surface area contributed by atoms with E-state index >= 15 is 0 Å². The van der Waals surface area contributed by atoms with Crippen molar-refractivity contribution in [2.45, 2.75) is 63.9 Å². The maximum Gasteiger partial charge on any atom is 0.249 e. The molecule has 3 aliphatic rings. The van der Waals surface area contributed by atoms with Gasteiger partial charge in [0.15, 0.2) is 23.4 Å². The SMILES string of the molecule is COc1ccc(-c2cnc(-c3nc4oc3C35c6ccccc6NC3Oc3ccc(cc35)C[C@H](NC(=O)[C@@H](O)C(C)C)C(=O)N[C@H]4C(C)C)o2)cc1. The van der Waals surface area contributed by atoms with Gasteiger partial charge < -0.3 is 39.4 Å². The molecule has 262 valence electrons. The molecule has 0 aliphatic carbocycles. The van der Waals surface area contributed by atoms with Crippen LogP contribution in [0, 0.1) is 11.8 Å². The first kappa shape index (κ1) is 32.6. The van der Waals surface area contributed by atoms with E-state index in [4.69, 9.17) is 28.3 Å². The Hall–Kier alpha value is -5.62. The van der Waals surface area contributed by atoms with Crippen LogP contribution in [0.25, 0.3) is 22.9 Å². The van der Waals surface area contributed by atoms with Gasteiger partial charge in [-0.15, -0.1) is 0 Å². The number of aromatic nitrogens is 2. The van der Waals surface area contributed by atoms with Crippen molar-refractivity contribution >= 4 is 17.5 Å². The van der Waals surface area contributed by atoms with Crippen LogP contribution in [0.15, 0.2) is 81.8 Å². The van der Waals surface area contributed by atoms with Crippen molar-refractivity contribution in [2.75, 3.05) is 12.4 Å². The van der Waals surface area contributed by atoms with Crippen LogP contribution < -0.4 is 25.4 Å². The van der Waals surface area contributed by atoms with Gasteiger partial charge in [0.25, 0.3) is 0 Å². The number of para-hydroxylation sites is 1. The lowest BCUT2D eigenvalue weighted by Crippen LogP contribution is -2.52. The van der Waals surface area contributed by atoms with E-state index in [1.54, 1.807) is 27.2 Å². The van der Waals surface area contributed by atoms with Gasteiger partial charge in [-0.25, -0.2) is 9.97 Å². The summed E-state index contributed by atoms with van der Waals surface area (Å²) in [6.07, 6.45) is -0.0703. The van der Waals surface area contributed by atoms with Crippen LogP contribution in [0.5, 0.6) is 11.5 Å². The van der Waals surface area contributed by atoms with Crippen molar-refractivity contribution in [3.05, 3.63) is 101 Å². The van der Waals surface area contributed by atoms with Gasteiger partial charge in [0.2, 0.25) is 23.6 Å². The second-order valence-electron chi connectivity index (χ2n) is 14.0. The normalized spacial score (nSPS) is 22.2. The van der Waals surface area contributed by atoms with Gasteiger partial charge in [0.1, 0.15) is 35.1 Å². The summed E-state index contributed by atoms with van der Waals surface area (Å²) in [6.45, 7) is 7.40. The third-order valence-electron chi connectivity index (χ3n) is 10.0. The predicted octanol–water partition coefficient (Wildman–Crippen LogP) is 5.35. The first-order valence-electron chi connectivity index (χ1n) is 17.1. The highest BCUT2D eigenvalue weighted by Crippen LogP contribution is 2.59. The number of hydrogen-bond donors (Lipinski definition) is 4. The summed E-state index contributed by atoms with van der Waals surface area (Å²) in [5, 5.41) is 20.0. The number of rotatable bonds is 7. The standard InChI is InChI=1S/C39H39N5O7/c1-19(2)30-37-44-31(36-40-18-29(49-36)22-11-13-23(48-5)14-12-22)33(51-37)39-24-8-6-7-9-26(24)42-38(39)50-28-15-10-21(16-25(28)39)17-27(34(46)43-30)41-35(47)32(45)20(3)4/h6-16,18-20,27,30,32,38,42,45H,17H2,1-5H3,(H,41,47)(H,43,46)/t27-,30-,32-,38?,39?/m0/s1. The number of carbonyl (C=O) groups excluding carboxylic acids is 2. The van der Waals surface area contributed by atoms with Crippen molar-refractivity contribution < 1.29 is 33.0 Å². The second kappa shape index (κ2) is 12.3. The number of benzene rings is 3. The minimum atomic E-state index is -1.28. The molecule has 1 spiro atoms. The molecule has 0 fully saturated rings. The number of aliphatic hydroxyl groups excluding tert-OH is 1. The molecular weight excluding hydrogens is 650 g/mol. The van der Waals surface area contributed by atoms with Crippen molar-refractivity contribution in [3.8, 4) is 34.4 Å². The van der Waals surface area contributed by atoms with E-state index in [0.717, 1.165) is 33.7 Å². The number of hydrogen-bond acceptors (Lipinski definition) is 10. The van der Waals surface area contributed by atoms with Crippen molar-refractivity contribution in [3.63, 3.8) is 0 Å². The van der Waals surface area contributed by atoms with Gasteiger partial charge in [-0.2, -0.15) is 0 Å². The molecule has 5 atom stereocenters. The maximum atomic E-state index is 14.1. The molecule has 2 aromatic heterocycles. The molecule has 51 heavy (non-hydrogen) atoms. The molecular formula is C39H39N5O7. The highest BCUT2D eigenvalue weighted by Gasteiger charge is 2.61. The smallest absolute Gasteiger partial charge is 0.249 e. The van der Waals surface area contributed by atoms with Crippen molar-refractivity contribution in [1.82, 2.24) is 20.6 Å². The molecule has 4 N–H and O–H groups in total. The molecule has 0 radical (unpaired) electrons. The Morgan fingerprint density at radius 3 is 2.55 bits per heavy atom. The molecule has 4 bridgehead atoms. The summed E-state index contributed by atoms with van der Waals surface area (Å²) in [7, 11) is 1.61. The number of oxazole rings is 2. The molecule has 5 aromatic rings. The van der Waals surface area contributed by atoms with Crippen molar-refractivity contribution in [1.29, 1.82) is 0 Å². The number of methoxy groups -OCH3 is 1.